The van der Waals surface area contributed by atoms with Gasteiger partial charge in [-0.15, -0.1) is 0 Å². The maximum atomic E-state index is 12.9. The van der Waals surface area contributed by atoms with Gasteiger partial charge < -0.3 is 15.0 Å². The number of nitrogens with zero attached hydrogens (tertiary/aromatic N) is 3. The molecule has 1 aliphatic heterocycles. The van der Waals surface area contributed by atoms with Crippen molar-refractivity contribution in [1.29, 1.82) is 0 Å². The zero-order chi connectivity index (χ0) is 17.8. The standard InChI is InChI=1S/C19H28N4O2/c1-4-10-23-17-8-6-5-7-16(17)18(21-23)19(24)20-14-9-11-22(2)15(12-14)13-25-3/h5-8,14-15H,4,9-13H2,1-3H3,(H,20,24). The van der Waals surface area contributed by atoms with E-state index >= 15 is 0 Å². The van der Waals surface area contributed by atoms with Gasteiger partial charge in [-0.2, -0.15) is 5.10 Å². The predicted molar refractivity (Wildman–Crippen MR) is 98.8 cm³/mol. The van der Waals surface area contributed by atoms with Crippen LogP contribution < -0.4 is 5.32 Å². The smallest absolute Gasteiger partial charge is 0.272 e. The Bertz CT molecular complexity index is 727. The molecule has 2 unspecified atom stereocenters. The fourth-order valence-electron chi connectivity index (χ4n) is 3.62. The van der Waals surface area contributed by atoms with Crippen LogP contribution in [0.5, 0.6) is 0 Å². The molecule has 0 spiro atoms. The lowest BCUT2D eigenvalue weighted by atomic mass is 9.98. The van der Waals surface area contributed by atoms with Crippen molar-refractivity contribution in [1.82, 2.24) is 20.0 Å². The number of benzene rings is 1. The zero-order valence-electron chi connectivity index (χ0n) is 15.4. The fourth-order valence-corrected chi connectivity index (χ4v) is 3.62. The van der Waals surface area contributed by atoms with Crippen LogP contribution >= 0.6 is 0 Å². The highest BCUT2D eigenvalue weighted by molar-refractivity contribution is 6.04. The van der Waals surface area contributed by atoms with E-state index in [1.807, 2.05) is 28.9 Å². The lowest BCUT2D eigenvalue weighted by molar-refractivity contribution is 0.0652. The number of piperidine rings is 1. The largest absolute Gasteiger partial charge is 0.383 e. The van der Waals surface area contributed by atoms with Crippen LogP contribution in [0.15, 0.2) is 24.3 Å². The minimum absolute atomic E-state index is 0.0724. The molecule has 1 fully saturated rings. The first kappa shape index (κ1) is 17.9. The van der Waals surface area contributed by atoms with Crippen molar-refractivity contribution in [3.63, 3.8) is 0 Å². The Balaban J connectivity index is 1.76. The monoisotopic (exact) mass is 344 g/mol. The van der Waals surface area contributed by atoms with Gasteiger partial charge in [0.25, 0.3) is 5.91 Å². The number of hydrogen-bond acceptors (Lipinski definition) is 4. The van der Waals surface area contributed by atoms with Crippen LogP contribution in [0.2, 0.25) is 0 Å². The summed E-state index contributed by atoms with van der Waals surface area (Å²) in [7, 11) is 3.84. The minimum Gasteiger partial charge on any atom is -0.383 e. The number of nitrogens with one attached hydrogen (secondary N) is 1. The average Bonchev–Trinajstić information content (AvgIpc) is 2.98. The van der Waals surface area contributed by atoms with E-state index in [0.717, 1.165) is 43.3 Å². The first-order valence-corrected chi connectivity index (χ1v) is 9.09. The molecule has 1 N–H and O–H groups in total. The Labute approximate surface area is 149 Å². The molecule has 136 valence electrons. The van der Waals surface area contributed by atoms with E-state index in [1.54, 1.807) is 7.11 Å². The number of ether oxygens (including phenoxy) is 1. The van der Waals surface area contributed by atoms with E-state index in [-0.39, 0.29) is 11.9 Å². The summed E-state index contributed by atoms with van der Waals surface area (Å²) in [4.78, 5) is 15.2. The summed E-state index contributed by atoms with van der Waals surface area (Å²) in [5, 5.41) is 8.70. The third kappa shape index (κ3) is 3.85. The summed E-state index contributed by atoms with van der Waals surface area (Å²) < 4.78 is 7.24. The number of fused-ring (bicyclic) bond motifs is 1. The summed E-state index contributed by atoms with van der Waals surface area (Å²) in [6, 6.07) is 8.47. The second kappa shape index (κ2) is 7.97. The van der Waals surface area contributed by atoms with Gasteiger partial charge in [-0.3, -0.25) is 9.48 Å². The van der Waals surface area contributed by atoms with Gasteiger partial charge in [0.15, 0.2) is 5.69 Å². The maximum Gasteiger partial charge on any atom is 0.272 e. The number of rotatable bonds is 6. The highest BCUT2D eigenvalue weighted by Crippen LogP contribution is 2.21. The van der Waals surface area contributed by atoms with Gasteiger partial charge in [-0.05, 0) is 32.4 Å². The molecule has 1 aromatic heterocycles. The van der Waals surface area contributed by atoms with Crippen LogP contribution in [0.1, 0.15) is 36.7 Å². The minimum atomic E-state index is -0.0724. The molecule has 2 aromatic rings. The first-order valence-electron chi connectivity index (χ1n) is 9.09. The number of methoxy groups -OCH3 is 1. The van der Waals surface area contributed by atoms with E-state index < -0.39 is 0 Å². The number of hydrogen-bond donors (Lipinski definition) is 1. The van der Waals surface area contributed by atoms with E-state index in [9.17, 15) is 4.79 Å². The normalized spacial score (nSPS) is 21.6. The molecule has 0 saturated carbocycles. The molecule has 25 heavy (non-hydrogen) atoms. The van der Waals surface area contributed by atoms with Crippen molar-refractivity contribution >= 4 is 16.8 Å². The van der Waals surface area contributed by atoms with Crippen molar-refractivity contribution in [2.24, 2.45) is 0 Å². The summed E-state index contributed by atoms with van der Waals surface area (Å²) in [5.74, 6) is -0.0724. The molecule has 1 aliphatic rings. The van der Waals surface area contributed by atoms with Crippen LogP contribution in [0.4, 0.5) is 0 Å². The van der Waals surface area contributed by atoms with E-state index in [0.29, 0.717) is 18.3 Å². The van der Waals surface area contributed by atoms with Gasteiger partial charge in [0.1, 0.15) is 0 Å². The van der Waals surface area contributed by atoms with Crippen LogP contribution in [0.3, 0.4) is 0 Å². The molecule has 1 amide bonds. The van der Waals surface area contributed by atoms with Crippen LogP contribution in [0.25, 0.3) is 10.9 Å². The zero-order valence-corrected chi connectivity index (χ0v) is 15.4. The Morgan fingerprint density at radius 1 is 1.40 bits per heavy atom. The molecular formula is C19H28N4O2. The quantitative estimate of drug-likeness (QED) is 0.873. The number of aryl methyl sites for hydroxylation is 1. The number of likely N-dealkylation sites (N-methyl/N-ethyl adjacent to an activating group) is 1. The third-order valence-electron chi connectivity index (χ3n) is 5.01. The van der Waals surface area contributed by atoms with Gasteiger partial charge >= 0.3 is 0 Å². The molecular weight excluding hydrogens is 316 g/mol. The van der Waals surface area contributed by atoms with E-state index in [2.05, 4.69) is 29.3 Å². The van der Waals surface area contributed by atoms with Crippen LogP contribution in [-0.2, 0) is 11.3 Å². The van der Waals surface area contributed by atoms with Crippen molar-refractivity contribution < 1.29 is 9.53 Å². The predicted octanol–water partition coefficient (Wildman–Crippen LogP) is 2.29. The second-order valence-electron chi connectivity index (χ2n) is 6.87. The van der Waals surface area contributed by atoms with Crippen molar-refractivity contribution in [3.8, 4) is 0 Å². The van der Waals surface area contributed by atoms with E-state index in [4.69, 9.17) is 4.74 Å². The highest BCUT2D eigenvalue weighted by Gasteiger charge is 2.28. The van der Waals surface area contributed by atoms with Gasteiger partial charge in [-0.1, -0.05) is 25.1 Å². The Hall–Kier alpha value is -1.92. The average molecular weight is 344 g/mol. The maximum absolute atomic E-state index is 12.9. The van der Waals surface area contributed by atoms with Crippen molar-refractivity contribution in [3.05, 3.63) is 30.0 Å². The summed E-state index contributed by atoms with van der Waals surface area (Å²) >= 11 is 0. The Morgan fingerprint density at radius 2 is 2.20 bits per heavy atom. The van der Waals surface area contributed by atoms with Gasteiger partial charge in [0, 0.05) is 37.7 Å². The van der Waals surface area contributed by atoms with Crippen LogP contribution in [0, 0.1) is 0 Å². The topological polar surface area (TPSA) is 59.4 Å². The molecule has 6 heteroatoms. The number of carbonyl (C=O) groups is 1. The number of aromatic nitrogens is 2. The van der Waals surface area contributed by atoms with Gasteiger partial charge in [0.2, 0.25) is 0 Å². The van der Waals surface area contributed by atoms with Gasteiger partial charge in [-0.25, -0.2) is 0 Å². The summed E-state index contributed by atoms with van der Waals surface area (Å²) in [6.45, 7) is 4.59. The van der Waals surface area contributed by atoms with Crippen molar-refractivity contribution in [2.75, 3.05) is 27.3 Å². The van der Waals surface area contributed by atoms with E-state index in [1.165, 1.54) is 0 Å². The number of amides is 1. The Morgan fingerprint density at radius 3 is 2.96 bits per heavy atom. The molecule has 0 bridgehead atoms. The first-order chi connectivity index (χ1) is 12.1. The lowest BCUT2D eigenvalue weighted by Crippen LogP contribution is -2.50. The SMILES string of the molecule is CCCn1nc(C(=O)NC2CCN(C)C(COC)C2)c2ccccc21. The molecule has 1 saturated heterocycles. The molecule has 2 heterocycles. The third-order valence-corrected chi connectivity index (χ3v) is 5.01. The number of carbonyl (C=O) groups excluding carboxylic acids is 1. The molecule has 0 aliphatic carbocycles. The number of likely N-dealkylation sites (tertiary alicyclic amines) is 1. The summed E-state index contributed by atoms with van der Waals surface area (Å²) in [5.41, 5.74) is 1.56. The highest BCUT2D eigenvalue weighted by atomic mass is 16.5. The molecule has 1 aromatic carbocycles. The molecule has 0 radical (unpaired) electrons. The van der Waals surface area contributed by atoms with Crippen molar-refractivity contribution in [2.45, 2.75) is 44.8 Å². The molecule has 2 atom stereocenters. The van der Waals surface area contributed by atoms with Gasteiger partial charge in [0.05, 0.1) is 12.1 Å². The fraction of sp³-hybridized carbons (Fsp3) is 0.579. The van der Waals surface area contributed by atoms with Crippen LogP contribution in [-0.4, -0.2) is 60.0 Å². The molecule has 6 nitrogen and oxygen atoms in total. The Kier molecular flexibility index (Phi) is 5.71. The number of para-hydroxylation sites is 1. The molecule has 3 rings (SSSR count). The summed E-state index contributed by atoms with van der Waals surface area (Å²) in [6.07, 6.45) is 2.85. The lowest BCUT2D eigenvalue weighted by Gasteiger charge is -2.36. The second-order valence-corrected chi connectivity index (χ2v) is 6.87.